The van der Waals surface area contributed by atoms with Crippen LogP contribution >= 0.6 is 0 Å². The zero-order valence-corrected chi connectivity index (χ0v) is 33.2. The van der Waals surface area contributed by atoms with Gasteiger partial charge in [-0.05, 0) is 44.9 Å². The molecule has 1 N–H and O–H groups in total. The van der Waals surface area contributed by atoms with Crippen molar-refractivity contribution < 1.29 is 19.4 Å². The molecular formula is C46H82O4. The van der Waals surface area contributed by atoms with E-state index in [0.717, 1.165) is 51.4 Å². The lowest BCUT2D eigenvalue weighted by Gasteiger charge is -2.15. The number of carbonyl (C=O) groups excluding carboxylic acids is 1. The van der Waals surface area contributed by atoms with E-state index >= 15 is 0 Å². The van der Waals surface area contributed by atoms with Crippen LogP contribution in [0.15, 0.2) is 60.8 Å². The van der Waals surface area contributed by atoms with Crippen LogP contribution in [0.3, 0.4) is 0 Å². The van der Waals surface area contributed by atoms with E-state index in [1.165, 1.54) is 128 Å². The summed E-state index contributed by atoms with van der Waals surface area (Å²) in [5, 5.41) is 9.58. The van der Waals surface area contributed by atoms with Gasteiger partial charge >= 0.3 is 5.97 Å². The third kappa shape index (κ3) is 40.5. The van der Waals surface area contributed by atoms with Gasteiger partial charge in [-0.1, -0.05) is 209 Å². The summed E-state index contributed by atoms with van der Waals surface area (Å²) >= 11 is 0. The average molecular weight is 699 g/mol. The van der Waals surface area contributed by atoms with Crippen LogP contribution in [0, 0.1) is 0 Å². The van der Waals surface area contributed by atoms with Crippen molar-refractivity contribution >= 4 is 5.97 Å². The predicted octanol–water partition coefficient (Wildman–Crippen LogP) is 14.0. The molecule has 0 bridgehead atoms. The lowest BCUT2D eigenvalue weighted by molar-refractivity contribution is -0.154. The van der Waals surface area contributed by atoms with Crippen LogP contribution in [0.25, 0.3) is 0 Å². The van der Waals surface area contributed by atoms with Crippen LogP contribution in [0.2, 0.25) is 0 Å². The third-order valence-electron chi connectivity index (χ3n) is 9.13. The van der Waals surface area contributed by atoms with Crippen molar-refractivity contribution in [3.8, 4) is 0 Å². The largest absolute Gasteiger partial charge is 0.457 e. The first-order valence-corrected chi connectivity index (χ1v) is 21.4. The molecule has 0 aliphatic rings. The van der Waals surface area contributed by atoms with Gasteiger partial charge in [0.1, 0.15) is 6.10 Å². The number of aliphatic hydroxyl groups is 1. The Morgan fingerprint density at radius 1 is 0.500 bits per heavy atom. The summed E-state index contributed by atoms with van der Waals surface area (Å²) in [7, 11) is 0. The van der Waals surface area contributed by atoms with Gasteiger partial charge in [0.15, 0.2) is 0 Å². The molecule has 0 spiro atoms. The summed E-state index contributed by atoms with van der Waals surface area (Å²) in [6.45, 7) is 5.04. The van der Waals surface area contributed by atoms with Crippen LogP contribution in [0.1, 0.15) is 200 Å². The highest BCUT2D eigenvalue weighted by molar-refractivity contribution is 5.69. The third-order valence-corrected chi connectivity index (χ3v) is 9.13. The number of rotatable bonds is 39. The minimum atomic E-state index is -0.574. The van der Waals surface area contributed by atoms with Gasteiger partial charge in [-0.25, -0.2) is 0 Å². The normalized spacial score (nSPS) is 12.9. The summed E-state index contributed by atoms with van der Waals surface area (Å²) < 4.78 is 11.1. The molecule has 0 aliphatic heterocycles. The minimum absolute atomic E-state index is 0.202. The van der Waals surface area contributed by atoms with Gasteiger partial charge in [0.2, 0.25) is 0 Å². The monoisotopic (exact) mass is 699 g/mol. The van der Waals surface area contributed by atoms with Gasteiger partial charge in [-0.2, -0.15) is 0 Å². The number of unbranched alkanes of at least 4 members (excludes halogenated alkanes) is 21. The molecule has 0 aromatic rings. The molecule has 0 aromatic carbocycles. The van der Waals surface area contributed by atoms with Crippen molar-refractivity contribution in [3.63, 3.8) is 0 Å². The van der Waals surface area contributed by atoms with E-state index in [1.54, 1.807) is 0 Å². The van der Waals surface area contributed by atoms with Gasteiger partial charge < -0.3 is 14.6 Å². The minimum Gasteiger partial charge on any atom is -0.457 e. The Balaban J connectivity index is 3.49. The molecule has 0 saturated carbocycles. The zero-order chi connectivity index (χ0) is 36.3. The summed E-state index contributed by atoms with van der Waals surface area (Å²) in [5.74, 6) is -0.223. The SMILES string of the molecule is CC/C=C\C/C=C\C/C=C\C/C=C\C/C=C\CCOCC(CO)OC(=O)CCCCCCCCCCCCCCCCCCCCCCCC. The second-order valence-electron chi connectivity index (χ2n) is 14.0. The van der Waals surface area contributed by atoms with Crippen LogP contribution in [-0.2, 0) is 14.3 Å². The summed E-state index contributed by atoms with van der Waals surface area (Å²) in [4.78, 5) is 12.2. The predicted molar refractivity (Wildman–Crippen MR) is 219 cm³/mol. The first-order valence-electron chi connectivity index (χ1n) is 21.4. The Morgan fingerprint density at radius 2 is 0.860 bits per heavy atom. The molecule has 0 fully saturated rings. The molecule has 290 valence electrons. The molecule has 0 saturated heterocycles. The number of hydrogen-bond donors (Lipinski definition) is 1. The van der Waals surface area contributed by atoms with Gasteiger partial charge in [-0.15, -0.1) is 0 Å². The highest BCUT2D eigenvalue weighted by atomic mass is 16.6. The molecule has 0 radical (unpaired) electrons. The Bertz CT molecular complexity index is 824. The number of aliphatic hydroxyl groups excluding tert-OH is 1. The average Bonchev–Trinajstić information content (AvgIpc) is 3.12. The molecule has 4 nitrogen and oxygen atoms in total. The van der Waals surface area contributed by atoms with E-state index in [-0.39, 0.29) is 19.2 Å². The molecule has 1 unspecified atom stereocenters. The first kappa shape index (κ1) is 48.1. The standard InChI is InChI=1S/C46H82O4/c1-3-5-7-9-11-13-15-17-19-21-22-23-24-25-26-27-29-31-33-35-37-39-41-46(48)50-45(43-47)44-49-42-40-38-36-34-32-30-28-20-18-16-14-12-10-8-6-4-2/h6,8,12,14,18,20,30,32,36,38,45,47H,3-5,7,9-11,13,15-17,19,21-29,31,33-35,37,39-44H2,1-2H3/b8-6-,14-12-,20-18-,32-30-,38-36-. The number of allylic oxidation sites excluding steroid dienone is 9. The van der Waals surface area contributed by atoms with Gasteiger partial charge in [0, 0.05) is 6.42 Å². The van der Waals surface area contributed by atoms with Crippen LogP contribution in [0.4, 0.5) is 0 Å². The lowest BCUT2D eigenvalue weighted by atomic mass is 10.0. The number of esters is 1. The van der Waals surface area contributed by atoms with Crippen molar-refractivity contribution in [2.45, 2.75) is 206 Å². The van der Waals surface area contributed by atoms with E-state index in [9.17, 15) is 9.90 Å². The fourth-order valence-electron chi connectivity index (χ4n) is 5.98. The second-order valence-corrected chi connectivity index (χ2v) is 14.0. The summed E-state index contributed by atoms with van der Waals surface area (Å²) in [6, 6.07) is 0. The van der Waals surface area contributed by atoms with Crippen molar-refractivity contribution in [1.82, 2.24) is 0 Å². The van der Waals surface area contributed by atoms with Crippen LogP contribution < -0.4 is 0 Å². The molecule has 4 heteroatoms. The van der Waals surface area contributed by atoms with Crippen molar-refractivity contribution in [2.75, 3.05) is 19.8 Å². The lowest BCUT2D eigenvalue weighted by Crippen LogP contribution is -2.27. The fraction of sp³-hybridized carbons (Fsp3) is 0.761. The molecule has 0 aromatic heterocycles. The van der Waals surface area contributed by atoms with Crippen molar-refractivity contribution in [2.24, 2.45) is 0 Å². The Labute approximate surface area is 311 Å². The highest BCUT2D eigenvalue weighted by Crippen LogP contribution is 2.15. The molecular weight excluding hydrogens is 617 g/mol. The van der Waals surface area contributed by atoms with Crippen LogP contribution in [-0.4, -0.2) is 37.0 Å². The highest BCUT2D eigenvalue weighted by Gasteiger charge is 2.13. The zero-order valence-electron chi connectivity index (χ0n) is 33.2. The molecule has 0 heterocycles. The maximum absolute atomic E-state index is 12.2. The molecule has 0 rings (SSSR count). The van der Waals surface area contributed by atoms with Gasteiger partial charge in [-0.3, -0.25) is 4.79 Å². The Kier molecular flexibility index (Phi) is 41.6. The van der Waals surface area contributed by atoms with Crippen LogP contribution in [0.5, 0.6) is 0 Å². The summed E-state index contributed by atoms with van der Waals surface area (Å²) in [6.07, 6.45) is 57.3. The maximum atomic E-state index is 12.2. The summed E-state index contributed by atoms with van der Waals surface area (Å²) in [5.41, 5.74) is 0. The van der Waals surface area contributed by atoms with E-state index in [2.05, 4.69) is 74.6 Å². The van der Waals surface area contributed by atoms with E-state index < -0.39 is 6.10 Å². The van der Waals surface area contributed by atoms with Crippen molar-refractivity contribution in [3.05, 3.63) is 60.8 Å². The van der Waals surface area contributed by atoms with Gasteiger partial charge in [0.05, 0.1) is 19.8 Å². The van der Waals surface area contributed by atoms with E-state index in [0.29, 0.717) is 13.0 Å². The van der Waals surface area contributed by atoms with E-state index in [1.807, 2.05) is 0 Å². The molecule has 1 atom stereocenters. The quantitative estimate of drug-likeness (QED) is 0.0394. The van der Waals surface area contributed by atoms with E-state index in [4.69, 9.17) is 9.47 Å². The molecule has 0 aliphatic carbocycles. The Hall–Kier alpha value is -1.91. The molecule has 0 amide bonds. The second kappa shape index (κ2) is 43.3. The topological polar surface area (TPSA) is 55.8 Å². The first-order chi connectivity index (χ1) is 24.7. The Morgan fingerprint density at radius 3 is 1.24 bits per heavy atom. The van der Waals surface area contributed by atoms with Gasteiger partial charge in [0.25, 0.3) is 0 Å². The number of carbonyl (C=O) groups is 1. The number of ether oxygens (including phenoxy) is 2. The molecule has 50 heavy (non-hydrogen) atoms. The van der Waals surface area contributed by atoms with Crippen molar-refractivity contribution in [1.29, 1.82) is 0 Å². The number of hydrogen-bond acceptors (Lipinski definition) is 4. The smallest absolute Gasteiger partial charge is 0.306 e. The fourth-order valence-corrected chi connectivity index (χ4v) is 5.98. The maximum Gasteiger partial charge on any atom is 0.306 e.